The highest BCUT2D eigenvalue weighted by Gasteiger charge is 2.11. The zero-order valence-electron chi connectivity index (χ0n) is 21.4. The van der Waals surface area contributed by atoms with Gasteiger partial charge in [0.15, 0.2) is 0 Å². The maximum atomic E-state index is 11.7. The van der Waals surface area contributed by atoms with Gasteiger partial charge in [-0.3, -0.25) is 19.2 Å². The molecule has 3 amide bonds. The molecule has 0 spiro atoms. The molecule has 0 bridgehead atoms. The molecule has 0 aromatic rings. The summed E-state index contributed by atoms with van der Waals surface area (Å²) < 4.78 is 21.2. The highest BCUT2D eigenvalue weighted by Crippen LogP contribution is 2.11. The highest BCUT2D eigenvalue weighted by molar-refractivity contribution is 5.78. The van der Waals surface area contributed by atoms with Crippen LogP contribution in [-0.4, -0.2) is 89.4 Å². The summed E-state index contributed by atoms with van der Waals surface area (Å²) in [6.07, 6.45) is 4.87. The van der Waals surface area contributed by atoms with Crippen molar-refractivity contribution in [1.29, 1.82) is 0 Å². The van der Waals surface area contributed by atoms with Crippen LogP contribution in [0.25, 0.3) is 0 Å². The maximum Gasteiger partial charge on any atom is 0.246 e. The molecule has 0 aliphatic carbocycles. The summed E-state index contributed by atoms with van der Waals surface area (Å²) in [6, 6.07) is 0. The fourth-order valence-electron chi connectivity index (χ4n) is 2.97. The van der Waals surface area contributed by atoms with Crippen LogP contribution in [0.4, 0.5) is 0 Å². The number of Topliss-reactive ketones (excluding diaryl/α,β-unsaturated/α-hetero) is 1. The largest absolute Gasteiger partial charge is 0.379 e. The van der Waals surface area contributed by atoms with Gasteiger partial charge in [0, 0.05) is 38.5 Å². The molecule has 11 nitrogen and oxygen atoms in total. The summed E-state index contributed by atoms with van der Waals surface area (Å²) in [5, 5.41) is 5.44. The molecule has 0 radical (unpaired) electrons. The van der Waals surface area contributed by atoms with Crippen LogP contribution in [0.15, 0.2) is 0 Å². The van der Waals surface area contributed by atoms with E-state index in [-0.39, 0.29) is 49.2 Å². The average Bonchev–Trinajstić information content (AvgIpc) is 2.84. The quantitative estimate of drug-likeness (QED) is 0.154. The van der Waals surface area contributed by atoms with Crippen LogP contribution in [0.3, 0.4) is 0 Å². The number of ether oxygens (including phenoxy) is 4. The molecule has 0 fully saturated rings. The Bertz CT molecular complexity index is 589. The number of nitrogens with two attached hydrogens (primary N) is 1. The number of primary amides is 1. The van der Waals surface area contributed by atoms with Gasteiger partial charge in [0.25, 0.3) is 0 Å². The molecule has 0 unspecified atom stereocenters. The Morgan fingerprint density at radius 3 is 1.86 bits per heavy atom. The number of ketones is 1. The van der Waals surface area contributed by atoms with Crippen molar-refractivity contribution in [2.75, 3.05) is 65.9 Å². The van der Waals surface area contributed by atoms with Gasteiger partial charge in [0.1, 0.15) is 19.0 Å². The third kappa shape index (κ3) is 22.1. The summed E-state index contributed by atoms with van der Waals surface area (Å²) in [6.45, 7) is 6.66. The SMILES string of the molecule is CCC(=O)CCCOCCOCC(=O)NCCOCCOCC(=O)NCCCC[C@H](CC)C(N)=O. The van der Waals surface area contributed by atoms with Gasteiger partial charge in [-0.15, -0.1) is 0 Å². The smallest absolute Gasteiger partial charge is 0.246 e. The molecule has 0 saturated heterocycles. The summed E-state index contributed by atoms with van der Waals surface area (Å²) in [5.74, 6) is -0.574. The van der Waals surface area contributed by atoms with Gasteiger partial charge in [0.2, 0.25) is 17.7 Å². The van der Waals surface area contributed by atoms with Crippen molar-refractivity contribution in [2.24, 2.45) is 11.7 Å². The zero-order chi connectivity index (χ0) is 26.2. The van der Waals surface area contributed by atoms with Gasteiger partial charge >= 0.3 is 0 Å². The average molecular weight is 504 g/mol. The molecule has 0 saturated carbocycles. The van der Waals surface area contributed by atoms with E-state index >= 15 is 0 Å². The minimum Gasteiger partial charge on any atom is -0.379 e. The van der Waals surface area contributed by atoms with Gasteiger partial charge in [-0.1, -0.05) is 20.3 Å². The lowest BCUT2D eigenvalue weighted by atomic mass is 9.99. The topological polar surface area (TPSA) is 155 Å². The van der Waals surface area contributed by atoms with E-state index in [4.69, 9.17) is 24.7 Å². The van der Waals surface area contributed by atoms with Crippen LogP contribution in [0.1, 0.15) is 58.8 Å². The van der Waals surface area contributed by atoms with Crippen LogP contribution in [0.2, 0.25) is 0 Å². The van der Waals surface area contributed by atoms with E-state index < -0.39 is 0 Å². The number of carbonyl (C=O) groups excluding carboxylic acids is 4. The predicted molar refractivity (Wildman–Crippen MR) is 131 cm³/mol. The summed E-state index contributed by atoms with van der Waals surface area (Å²) in [7, 11) is 0. The monoisotopic (exact) mass is 503 g/mol. The number of unbranched alkanes of at least 4 members (excludes halogenated alkanes) is 1. The van der Waals surface area contributed by atoms with Crippen molar-refractivity contribution in [1.82, 2.24) is 10.6 Å². The van der Waals surface area contributed by atoms with Crippen molar-refractivity contribution in [2.45, 2.75) is 58.8 Å². The first-order valence-corrected chi connectivity index (χ1v) is 12.6. The molecule has 0 aromatic carbocycles. The van der Waals surface area contributed by atoms with E-state index in [0.717, 1.165) is 25.7 Å². The van der Waals surface area contributed by atoms with E-state index in [2.05, 4.69) is 10.6 Å². The first-order chi connectivity index (χ1) is 16.9. The maximum absolute atomic E-state index is 11.7. The minimum atomic E-state index is -0.269. The molecule has 0 heterocycles. The summed E-state index contributed by atoms with van der Waals surface area (Å²) >= 11 is 0. The van der Waals surface area contributed by atoms with Crippen molar-refractivity contribution in [3.8, 4) is 0 Å². The van der Waals surface area contributed by atoms with Crippen molar-refractivity contribution in [3.63, 3.8) is 0 Å². The fourth-order valence-corrected chi connectivity index (χ4v) is 2.97. The van der Waals surface area contributed by atoms with Crippen LogP contribution in [-0.2, 0) is 38.1 Å². The first kappa shape index (κ1) is 32.9. The molecule has 35 heavy (non-hydrogen) atoms. The van der Waals surface area contributed by atoms with Gasteiger partial charge in [-0.05, 0) is 25.7 Å². The Labute approximate surface area is 209 Å². The Morgan fingerprint density at radius 1 is 0.714 bits per heavy atom. The molecule has 4 N–H and O–H groups in total. The van der Waals surface area contributed by atoms with Crippen molar-refractivity contribution >= 4 is 23.5 Å². The van der Waals surface area contributed by atoms with Crippen molar-refractivity contribution < 1.29 is 38.1 Å². The molecule has 11 heteroatoms. The van der Waals surface area contributed by atoms with E-state index in [0.29, 0.717) is 65.4 Å². The molecule has 0 aliphatic rings. The first-order valence-electron chi connectivity index (χ1n) is 12.6. The lowest BCUT2D eigenvalue weighted by Crippen LogP contribution is -2.31. The number of rotatable bonds is 25. The third-order valence-corrected chi connectivity index (χ3v) is 5.11. The van der Waals surface area contributed by atoms with Crippen molar-refractivity contribution in [3.05, 3.63) is 0 Å². The molecule has 0 aromatic heterocycles. The molecular weight excluding hydrogens is 458 g/mol. The van der Waals surface area contributed by atoms with Gasteiger partial charge in [-0.2, -0.15) is 0 Å². The Morgan fingerprint density at radius 2 is 1.29 bits per heavy atom. The van der Waals surface area contributed by atoms with E-state index in [9.17, 15) is 19.2 Å². The molecule has 0 aliphatic heterocycles. The molecule has 0 rings (SSSR count). The lowest BCUT2D eigenvalue weighted by Gasteiger charge is -2.10. The normalized spacial score (nSPS) is 11.7. The van der Waals surface area contributed by atoms with Gasteiger partial charge in [0.05, 0.1) is 33.0 Å². The summed E-state index contributed by atoms with van der Waals surface area (Å²) in [4.78, 5) is 45.6. The van der Waals surface area contributed by atoms with Crippen LogP contribution in [0.5, 0.6) is 0 Å². The Kier molecular flexibility index (Phi) is 22.2. The van der Waals surface area contributed by atoms with E-state index in [1.165, 1.54) is 0 Å². The molecular formula is C24H45N3O8. The Balaban J connectivity index is 3.39. The highest BCUT2D eigenvalue weighted by atomic mass is 16.5. The molecule has 204 valence electrons. The number of amides is 3. The Hall–Kier alpha value is -2.08. The van der Waals surface area contributed by atoms with E-state index in [1.54, 1.807) is 0 Å². The third-order valence-electron chi connectivity index (χ3n) is 5.11. The minimum absolute atomic E-state index is 0.0448. The van der Waals surface area contributed by atoms with Crippen LogP contribution < -0.4 is 16.4 Å². The second-order valence-corrected chi connectivity index (χ2v) is 8.03. The number of hydrogen-bond acceptors (Lipinski definition) is 8. The zero-order valence-corrected chi connectivity index (χ0v) is 21.4. The number of carbonyl (C=O) groups is 4. The number of hydrogen-bond donors (Lipinski definition) is 3. The van der Waals surface area contributed by atoms with Gasteiger partial charge < -0.3 is 35.3 Å². The van der Waals surface area contributed by atoms with E-state index in [1.807, 2.05) is 13.8 Å². The van der Waals surface area contributed by atoms with Gasteiger partial charge in [-0.25, -0.2) is 0 Å². The second-order valence-electron chi connectivity index (χ2n) is 8.03. The standard InChI is InChI=1S/C24H45N3O8/c1-3-20(24(25)31)8-5-6-10-26-22(29)18-35-17-15-33-13-11-27-23(30)19-34-16-14-32-12-7-9-21(28)4-2/h20H,3-19H2,1-2H3,(H2,25,31)(H,26,29)(H,27,30)/t20-/m0/s1. The summed E-state index contributed by atoms with van der Waals surface area (Å²) in [5.41, 5.74) is 5.31. The lowest BCUT2D eigenvalue weighted by molar-refractivity contribution is -0.127. The van der Waals surface area contributed by atoms with Crippen LogP contribution in [0, 0.1) is 5.92 Å². The predicted octanol–water partition coefficient (Wildman–Crippen LogP) is 0.726. The number of nitrogens with one attached hydrogen (secondary N) is 2. The molecule has 1 atom stereocenters. The van der Waals surface area contributed by atoms with Crippen LogP contribution >= 0.6 is 0 Å². The second kappa shape index (κ2) is 23.7. The fraction of sp³-hybridized carbons (Fsp3) is 0.833.